The molecule has 0 aliphatic heterocycles. The minimum Gasteiger partial charge on any atom is -0.481 e. The Labute approximate surface area is 118 Å². The van der Waals surface area contributed by atoms with E-state index in [1.165, 1.54) is 12.0 Å². The minimum absolute atomic E-state index is 0.112. The van der Waals surface area contributed by atoms with Gasteiger partial charge in [0.15, 0.2) is 0 Å². The number of amides is 2. The highest BCUT2D eigenvalue weighted by atomic mass is 16.5. The summed E-state index contributed by atoms with van der Waals surface area (Å²) in [6.45, 7) is 1.94. The Morgan fingerprint density at radius 1 is 1.40 bits per heavy atom. The second-order valence-electron chi connectivity index (χ2n) is 5.30. The summed E-state index contributed by atoms with van der Waals surface area (Å²) in [6.07, 6.45) is 1.72. The molecule has 1 aliphatic carbocycles. The van der Waals surface area contributed by atoms with E-state index in [9.17, 15) is 14.4 Å². The van der Waals surface area contributed by atoms with E-state index < -0.39 is 11.9 Å². The lowest BCUT2D eigenvalue weighted by Gasteiger charge is -2.23. The Balaban J connectivity index is 2.39. The Hall–Kier alpha value is -1.79. The summed E-state index contributed by atoms with van der Waals surface area (Å²) in [7, 11) is 2.90. The smallest absolute Gasteiger partial charge is 0.317 e. The SMILES string of the molecule is COC(=O)C(C)CN(C)C(=O)NC1CCC(C(=O)O)C1. The molecule has 1 fully saturated rings. The summed E-state index contributed by atoms with van der Waals surface area (Å²) in [6, 6.07) is -0.406. The molecule has 3 atom stereocenters. The van der Waals surface area contributed by atoms with Gasteiger partial charge in [-0.2, -0.15) is 0 Å². The molecule has 0 spiro atoms. The number of nitrogens with one attached hydrogen (secondary N) is 1. The molecule has 0 aromatic heterocycles. The maximum absolute atomic E-state index is 11.9. The highest BCUT2D eigenvalue weighted by Gasteiger charge is 2.31. The molecule has 1 rings (SSSR count). The standard InChI is InChI=1S/C13H22N2O5/c1-8(12(18)20-3)7-15(2)13(19)14-10-5-4-9(6-10)11(16)17/h8-10H,4-7H2,1-3H3,(H,14,19)(H,16,17). The fourth-order valence-corrected chi connectivity index (χ4v) is 2.39. The molecule has 2 N–H and O–H groups in total. The molecule has 1 aliphatic rings. The van der Waals surface area contributed by atoms with Crippen LogP contribution in [0.1, 0.15) is 26.2 Å². The summed E-state index contributed by atoms with van der Waals surface area (Å²) in [5.41, 5.74) is 0. The second-order valence-corrected chi connectivity index (χ2v) is 5.30. The Bertz CT molecular complexity index is 385. The number of hydrogen-bond donors (Lipinski definition) is 2. The summed E-state index contributed by atoms with van der Waals surface area (Å²) in [5, 5.41) is 11.7. The number of carboxylic acid groups (broad SMARTS) is 1. The normalized spacial score (nSPS) is 22.9. The van der Waals surface area contributed by atoms with Crippen molar-refractivity contribution in [2.24, 2.45) is 11.8 Å². The highest BCUT2D eigenvalue weighted by Crippen LogP contribution is 2.25. The molecule has 3 unspecified atom stereocenters. The van der Waals surface area contributed by atoms with Crippen molar-refractivity contribution in [3.8, 4) is 0 Å². The number of hydrogen-bond acceptors (Lipinski definition) is 4. The number of ether oxygens (including phenoxy) is 1. The summed E-state index contributed by atoms with van der Waals surface area (Å²) < 4.78 is 4.60. The monoisotopic (exact) mass is 286 g/mol. The van der Waals surface area contributed by atoms with Gasteiger partial charge in [-0.3, -0.25) is 9.59 Å². The van der Waals surface area contributed by atoms with Gasteiger partial charge in [0.1, 0.15) is 0 Å². The van der Waals surface area contributed by atoms with Crippen molar-refractivity contribution < 1.29 is 24.2 Å². The van der Waals surface area contributed by atoms with Gasteiger partial charge in [-0.15, -0.1) is 0 Å². The number of carboxylic acids is 1. The molecule has 2 amide bonds. The molecule has 7 nitrogen and oxygen atoms in total. The number of esters is 1. The maximum Gasteiger partial charge on any atom is 0.317 e. The van der Waals surface area contributed by atoms with Gasteiger partial charge in [0.25, 0.3) is 0 Å². The second kappa shape index (κ2) is 7.12. The highest BCUT2D eigenvalue weighted by molar-refractivity contribution is 5.77. The third-order valence-electron chi connectivity index (χ3n) is 3.61. The van der Waals surface area contributed by atoms with Gasteiger partial charge in [-0.05, 0) is 19.3 Å². The Morgan fingerprint density at radius 2 is 2.05 bits per heavy atom. The van der Waals surface area contributed by atoms with Crippen molar-refractivity contribution in [3.05, 3.63) is 0 Å². The molecule has 114 valence electrons. The third kappa shape index (κ3) is 4.40. The Morgan fingerprint density at radius 3 is 2.55 bits per heavy atom. The lowest BCUT2D eigenvalue weighted by Crippen LogP contribution is -2.44. The van der Waals surface area contributed by atoms with E-state index in [0.717, 1.165) is 0 Å². The van der Waals surface area contributed by atoms with Crippen LogP contribution >= 0.6 is 0 Å². The Kier molecular flexibility index (Phi) is 5.79. The lowest BCUT2D eigenvalue weighted by atomic mass is 10.1. The molecule has 0 radical (unpaired) electrons. The molecule has 0 heterocycles. The number of methoxy groups -OCH3 is 1. The quantitative estimate of drug-likeness (QED) is 0.725. The predicted octanol–water partition coefficient (Wildman–Crippen LogP) is 0.690. The van der Waals surface area contributed by atoms with Crippen LogP contribution in [0, 0.1) is 11.8 Å². The van der Waals surface area contributed by atoms with Crippen molar-refractivity contribution in [3.63, 3.8) is 0 Å². The fourth-order valence-electron chi connectivity index (χ4n) is 2.39. The fraction of sp³-hybridized carbons (Fsp3) is 0.769. The van der Waals surface area contributed by atoms with Gasteiger partial charge in [0.2, 0.25) is 0 Å². The van der Waals surface area contributed by atoms with Gasteiger partial charge in [-0.1, -0.05) is 6.92 Å². The van der Waals surface area contributed by atoms with E-state index in [-0.39, 0.29) is 30.5 Å². The molecule has 1 saturated carbocycles. The van der Waals surface area contributed by atoms with Crippen LogP contribution in [0.2, 0.25) is 0 Å². The van der Waals surface area contributed by atoms with Gasteiger partial charge in [0.05, 0.1) is 18.9 Å². The van der Waals surface area contributed by atoms with Crippen molar-refractivity contribution in [2.75, 3.05) is 20.7 Å². The molecule has 0 aromatic carbocycles. The topological polar surface area (TPSA) is 95.9 Å². The van der Waals surface area contributed by atoms with Gasteiger partial charge in [0, 0.05) is 19.6 Å². The molecular formula is C13H22N2O5. The van der Waals surface area contributed by atoms with Crippen LogP contribution in [-0.4, -0.2) is 54.7 Å². The molecule has 0 aromatic rings. The van der Waals surface area contributed by atoms with Gasteiger partial charge >= 0.3 is 18.0 Å². The van der Waals surface area contributed by atoms with Crippen LogP contribution in [0.25, 0.3) is 0 Å². The van der Waals surface area contributed by atoms with E-state index >= 15 is 0 Å². The first-order valence-electron chi connectivity index (χ1n) is 6.67. The first-order chi connectivity index (χ1) is 9.35. The van der Waals surface area contributed by atoms with Crippen molar-refractivity contribution in [1.29, 1.82) is 0 Å². The third-order valence-corrected chi connectivity index (χ3v) is 3.61. The number of carbonyl (C=O) groups excluding carboxylic acids is 2. The lowest BCUT2D eigenvalue weighted by molar-refractivity contribution is -0.145. The van der Waals surface area contributed by atoms with E-state index in [2.05, 4.69) is 10.1 Å². The number of nitrogens with zero attached hydrogens (tertiary/aromatic N) is 1. The predicted molar refractivity (Wildman–Crippen MR) is 71.1 cm³/mol. The van der Waals surface area contributed by atoms with Crippen LogP contribution in [0.4, 0.5) is 4.79 Å². The van der Waals surface area contributed by atoms with Crippen molar-refractivity contribution in [2.45, 2.75) is 32.2 Å². The van der Waals surface area contributed by atoms with E-state index in [1.54, 1.807) is 14.0 Å². The number of carbonyl (C=O) groups is 3. The largest absolute Gasteiger partial charge is 0.481 e. The van der Waals surface area contributed by atoms with Crippen LogP contribution in [0.3, 0.4) is 0 Å². The molecule has 7 heteroatoms. The zero-order valence-corrected chi connectivity index (χ0v) is 12.1. The first-order valence-corrected chi connectivity index (χ1v) is 6.67. The summed E-state index contributed by atoms with van der Waals surface area (Å²) in [5.74, 6) is -1.95. The van der Waals surface area contributed by atoms with E-state index in [1.807, 2.05) is 0 Å². The van der Waals surface area contributed by atoms with Gasteiger partial charge < -0.3 is 20.1 Å². The van der Waals surface area contributed by atoms with E-state index in [4.69, 9.17) is 5.11 Å². The van der Waals surface area contributed by atoms with Crippen LogP contribution in [-0.2, 0) is 14.3 Å². The number of rotatable bonds is 5. The van der Waals surface area contributed by atoms with Crippen LogP contribution in [0.15, 0.2) is 0 Å². The van der Waals surface area contributed by atoms with E-state index in [0.29, 0.717) is 19.3 Å². The summed E-state index contributed by atoms with van der Waals surface area (Å²) in [4.78, 5) is 35.5. The van der Waals surface area contributed by atoms with Crippen molar-refractivity contribution >= 4 is 18.0 Å². The average Bonchev–Trinajstić information content (AvgIpc) is 2.86. The zero-order chi connectivity index (χ0) is 15.3. The van der Waals surface area contributed by atoms with Gasteiger partial charge in [-0.25, -0.2) is 4.79 Å². The zero-order valence-electron chi connectivity index (χ0n) is 12.1. The molecule has 20 heavy (non-hydrogen) atoms. The van der Waals surface area contributed by atoms with Crippen LogP contribution in [0.5, 0.6) is 0 Å². The van der Waals surface area contributed by atoms with Crippen LogP contribution < -0.4 is 5.32 Å². The number of aliphatic carboxylic acids is 1. The molecule has 0 bridgehead atoms. The summed E-state index contributed by atoms with van der Waals surface area (Å²) >= 11 is 0. The molecule has 0 saturated heterocycles. The van der Waals surface area contributed by atoms with Crippen molar-refractivity contribution in [1.82, 2.24) is 10.2 Å². The molecular weight excluding hydrogens is 264 g/mol. The first kappa shape index (κ1) is 16.3. The number of urea groups is 1. The maximum atomic E-state index is 11.9. The average molecular weight is 286 g/mol. The minimum atomic E-state index is -0.811.